The van der Waals surface area contributed by atoms with Crippen molar-refractivity contribution in [2.45, 2.75) is 51.0 Å². The maximum Gasteiger partial charge on any atom is 0.234 e. The van der Waals surface area contributed by atoms with Crippen molar-refractivity contribution in [3.05, 3.63) is 35.6 Å². The van der Waals surface area contributed by atoms with Gasteiger partial charge in [0.2, 0.25) is 11.8 Å². The van der Waals surface area contributed by atoms with E-state index in [0.717, 1.165) is 31.2 Å². The predicted molar refractivity (Wildman–Crippen MR) is 95.5 cm³/mol. The van der Waals surface area contributed by atoms with Crippen molar-refractivity contribution >= 4 is 11.8 Å². The molecule has 0 aromatic heterocycles. The van der Waals surface area contributed by atoms with E-state index in [-0.39, 0.29) is 36.3 Å². The topological polar surface area (TPSA) is 75.4 Å². The van der Waals surface area contributed by atoms with Gasteiger partial charge in [0.15, 0.2) is 0 Å². The van der Waals surface area contributed by atoms with Gasteiger partial charge < -0.3 is 11.1 Å². The first-order valence-electron chi connectivity index (χ1n) is 8.87. The number of amides is 2. The average molecular weight is 349 g/mol. The maximum atomic E-state index is 13.2. The van der Waals surface area contributed by atoms with E-state index in [9.17, 15) is 14.0 Å². The molecular weight excluding hydrogens is 321 g/mol. The Morgan fingerprint density at radius 2 is 1.80 bits per heavy atom. The SMILES string of the molecule is CC(C)N(CC(N)=O)CC(=O)NCC1(c2ccc(F)cc2)CCCC1. The number of nitrogens with one attached hydrogen (secondary N) is 1. The van der Waals surface area contributed by atoms with Crippen LogP contribution < -0.4 is 11.1 Å². The van der Waals surface area contributed by atoms with Crippen molar-refractivity contribution in [1.29, 1.82) is 0 Å². The molecule has 5 nitrogen and oxygen atoms in total. The summed E-state index contributed by atoms with van der Waals surface area (Å²) in [7, 11) is 0. The molecule has 1 aliphatic rings. The number of nitrogens with zero attached hydrogens (tertiary/aromatic N) is 1. The summed E-state index contributed by atoms with van der Waals surface area (Å²) in [5, 5.41) is 3.01. The fraction of sp³-hybridized carbons (Fsp3) is 0.579. The highest BCUT2D eigenvalue weighted by molar-refractivity contribution is 5.80. The molecule has 1 aromatic carbocycles. The molecule has 0 bridgehead atoms. The molecule has 0 spiro atoms. The van der Waals surface area contributed by atoms with Crippen molar-refractivity contribution in [2.75, 3.05) is 19.6 Å². The van der Waals surface area contributed by atoms with E-state index in [1.54, 1.807) is 4.90 Å². The van der Waals surface area contributed by atoms with Crippen molar-refractivity contribution < 1.29 is 14.0 Å². The number of carbonyl (C=O) groups excluding carboxylic acids is 2. The third-order valence-corrected chi connectivity index (χ3v) is 5.08. The zero-order chi connectivity index (χ0) is 18.4. The number of nitrogens with two attached hydrogens (primary N) is 1. The van der Waals surface area contributed by atoms with Crippen LogP contribution in [0.15, 0.2) is 24.3 Å². The molecule has 0 heterocycles. The third-order valence-electron chi connectivity index (χ3n) is 5.08. The summed E-state index contributed by atoms with van der Waals surface area (Å²) >= 11 is 0. The van der Waals surface area contributed by atoms with Crippen molar-refractivity contribution in [3.8, 4) is 0 Å². The van der Waals surface area contributed by atoms with Crippen LogP contribution in [0.25, 0.3) is 0 Å². The first kappa shape index (κ1) is 19.4. The lowest BCUT2D eigenvalue weighted by Crippen LogP contribution is -2.47. The van der Waals surface area contributed by atoms with E-state index < -0.39 is 5.91 Å². The predicted octanol–water partition coefficient (Wildman–Crippen LogP) is 1.95. The van der Waals surface area contributed by atoms with Crippen LogP contribution in [-0.4, -0.2) is 42.4 Å². The Bertz CT molecular complexity index is 595. The Morgan fingerprint density at radius 1 is 1.20 bits per heavy atom. The molecule has 2 rings (SSSR count). The number of hydrogen-bond donors (Lipinski definition) is 2. The lowest BCUT2D eigenvalue weighted by molar-refractivity contribution is -0.124. The standard InChI is InChI=1S/C19H28FN3O2/c1-14(2)23(11-17(21)24)12-18(25)22-13-19(9-3-4-10-19)15-5-7-16(20)8-6-15/h5-8,14H,3-4,9-13H2,1-2H3,(H2,21,24)(H,22,25). The minimum Gasteiger partial charge on any atom is -0.369 e. The van der Waals surface area contributed by atoms with E-state index in [1.165, 1.54) is 12.1 Å². The smallest absolute Gasteiger partial charge is 0.234 e. The number of primary amides is 1. The molecule has 0 saturated heterocycles. The van der Waals surface area contributed by atoms with Gasteiger partial charge in [0, 0.05) is 18.0 Å². The summed E-state index contributed by atoms with van der Waals surface area (Å²) in [6.45, 7) is 4.58. The largest absolute Gasteiger partial charge is 0.369 e. The van der Waals surface area contributed by atoms with E-state index in [4.69, 9.17) is 5.73 Å². The Labute approximate surface area is 148 Å². The van der Waals surface area contributed by atoms with Gasteiger partial charge in [0.05, 0.1) is 13.1 Å². The molecule has 0 atom stereocenters. The minimum atomic E-state index is -0.444. The Hall–Kier alpha value is -1.95. The summed E-state index contributed by atoms with van der Waals surface area (Å²) < 4.78 is 13.2. The van der Waals surface area contributed by atoms with E-state index >= 15 is 0 Å². The number of hydrogen-bond acceptors (Lipinski definition) is 3. The number of carbonyl (C=O) groups is 2. The fourth-order valence-electron chi connectivity index (χ4n) is 3.55. The van der Waals surface area contributed by atoms with Crippen LogP contribution >= 0.6 is 0 Å². The summed E-state index contributed by atoms with van der Waals surface area (Å²) in [5.41, 5.74) is 6.19. The lowest BCUT2D eigenvalue weighted by atomic mass is 9.79. The molecule has 1 fully saturated rings. The summed E-state index contributed by atoms with van der Waals surface area (Å²) in [6, 6.07) is 6.64. The molecule has 0 unspecified atom stereocenters. The van der Waals surface area contributed by atoms with E-state index in [1.807, 2.05) is 26.0 Å². The quantitative estimate of drug-likeness (QED) is 0.753. The second kappa shape index (κ2) is 8.43. The molecule has 138 valence electrons. The van der Waals surface area contributed by atoms with Crippen LogP contribution in [0.2, 0.25) is 0 Å². The zero-order valence-corrected chi connectivity index (χ0v) is 15.1. The maximum absolute atomic E-state index is 13.2. The van der Waals surface area contributed by atoms with Crippen molar-refractivity contribution in [1.82, 2.24) is 10.2 Å². The molecule has 6 heteroatoms. The molecule has 2 amide bonds. The van der Waals surface area contributed by atoms with Crippen LogP contribution in [-0.2, 0) is 15.0 Å². The second-order valence-electron chi connectivity index (χ2n) is 7.24. The monoisotopic (exact) mass is 349 g/mol. The Morgan fingerprint density at radius 3 is 2.32 bits per heavy atom. The molecule has 1 aromatic rings. The normalized spacial score (nSPS) is 16.4. The molecule has 25 heavy (non-hydrogen) atoms. The first-order valence-corrected chi connectivity index (χ1v) is 8.87. The van der Waals surface area contributed by atoms with Gasteiger partial charge in [-0.25, -0.2) is 4.39 Å². The summed E-state index contributed by atoms with van der Waals surface area (Å²) in [5.74, 6) is -0.816. The van der Waals surface area contributed by atoms with E-state index in [2.05, 4.69) is 5.32 Å². The van der Waals surface area contributed by atoms with Gasteiger partial charge in [0.1, 0.15) is 5.82 Å². The van der Waals surface area contributed by atoms with Crippen LogP contribution in [0.5, 0.6) is 0 Å². The molecular formula is C19H28FN3O2. The zero-order valence-electron chi connectivity index (χ0n) is 15.1. The van der Waals surface area contributed by atoms with Gasteiger partial charge in [-0.05, 0) is 44.4 Å². The van der Waals surface area contributed by atoms with E-state index in [0.29, 0.717) is 6.54 Å². The summed E-state index contributed by atoms with van der Waals surface area (Å²) in [4.78, 5) is 25.3. The van der Waals surface area contributed by atoms with Crippen molar-refractivity contribution in [2.24, 2.45) is 5.73 Å². The van der Waals surface area contributed by atoms with Gasteiger partial charge in [-0.2, -0.15) is 0 Å². The summed E-state index contributed by atoms with van der Waals surface area (Å²) in [6.07, 6.45) is 4.17. The second-order valence-corrected chi connectivity index (χ2v) is 7.24. The van der Waals surface area contributed by atoms with Gasteiger partial charge in [-0.3, -0.25) is 14.5 Å². The Balaban J connectivity index is 2.00. The average Bonchev–Trinajstić information content (AvgIpc) is 3.02. The van der Waals surface area contributed by atoms with Gasteiger partial charge in [0.25, 0.3) is 0 Å². The number of halogens is 1. The molecule has 0 radical (unpaired) electrons. The Kier molecular flexibility index (Phi) is 6.53. The molecule has 0 aliphatic heterocycles. The molecule has 1 saturated carbocycles. The third kappa shape index (κ3) is 5.26. The van der Waals surface area contributed by atoms with Crippen LogP contribution in [0.3, 0.4) is 0 Å². The number of rotatable bonds is 8. The van der Waals surface area contributed by atoms with Gasteiger partial charge >= 0.3 is 0 Å². The highest BCUT2D eigenvalue weighted by atomic mass is 19.1. The fourth-order valence-corrected chi connectivity index (χ4v) is 3.55. The van der Waals surface area contributed by atoms with Crippen LogP contribution in [0.4, 0.5) is 4.39 Å². The van der Waals surface area contributed by atoms with Crippen LogP contribution in [0.1, 0.15) is 45.1 Å². The van der Waals surface area contributed by atoms with Gasteiger partial charge in [-0.1, -0.05) is 25.0 Å². The first-order chi connectivity index (χ1) is 11.8. The van der Waals surface area contributed by atoms with Gasteiger partial charge in [-0.15, -0.1) is 0 Å². The lowest BCUT2D eigenvalue weighted by Gasteiger charge is -2.31. The minimum absolute atomic E-state index is 0.0517. The van der Waals surface area contributed by atoms with Crippen molar-refractivity contribution in [3.63, 3.8) is 0 Å². The number of benzene rings is 1. The molecule has 3 N–H and O–H groups in total. The molecule has 1 aliphatic carbocycles. The highest BCUT2D eigenvalue weighted by Gasteiger charge is 2.36. The van der Waals surface area contributed by atoms with Crippen LogP contribution in [0, 0.1) is 5.82 Å². The highest BCUT2D eigenvalue weighted by Crippen LogP contribution is 2.40.